The summed E-state index contributed by atoms with van der Waals surface area (Å²) in [5.74, 6) is 1.71. The lowest BCUT2D eigenvalue weighted by atomic mass is 9.98. The standard InChI is InChI=1S/C13H23NO/c1-11-5-4-8-14(9-11)10-13(15)12-6-2-3-7-12/h11-12H,2-10H2,1H3. The fourth-order valence-corrected chi connectivity index (χ4v) is 3.03. The first-order valence-electron chi connectivity index (χ1n) is 6.51. The van der Waals surface area contributed by atoms with Gasteiger partial charge in [-0.25, -0.2) is 0 Å². The van der Waals surface area contributed by atoms with E-state index in [9.17, 15) is 4.79 Å². The van der Waals surface area contributed by atoms with Gasteiger partial charge in [0.2, 0.25) is 0 Å². The highest BCUT2D eigenvalue weighted by Gasteiger charge is 2.25. The smallest absolute Gasteiger partial charge is 0.149 e. The number of rotatable bonds is 3. The number of carbonyl (C=O) groups is 1. The summed E-state index contributed by atoms with van der Waals surface area (Å²) in [6.07, 6.45) is 7.47. The van der Waals surface area contributed by atoms with Gasteiger partial charge in [0, 0.05) is 12.5 Å². The lowest BCUT2D eigenvalue weighted by molar-refractivity contribution is -0.124. The Morgan fingerprint density at radius 2 is 1.93 bits per heavy atom. The van der Waals surface area contributed by atoms with Crippen molar-refractivity contribution in [2.75, 3.05) is 19.6 Å². The molecule has 0 N–H and O–H groups in total. The third kappa shape index (κ3) is 3.04. The molecule has 1 saturated heterocycles. The van der Waals surface area contributed by atoms with Gasteiger partial charge in [0.1, 0.15) is 5.78 Å². The Labute approximate surface area is 93.0 Å². The average molecular weight is 209 g/mol. The average Bonchev–Trinajstić information content (AvgIpc) is 2.70. The van der Waals surface area contributed by atoms with Gasteiger partial charge in [0.15, 0.2) is 0 Å². The van der Waals surface area contributed by atoms with E-state index in [4.69, 9.17) is 0 Å². The lowest BCUT2D eigenvalue weighted by Gasteiger charge is -2.30. The second-order valence-electron chi connectivity index (χ2n) is 5.43. The zero-order chi connectivity index (χ0) is 10.7. The molecule has 0 aromatic rings. The lowest BCUT2D eigenvalue weighted by Crippen LogP contribution is -2.39. The van der Waals surface area contributed by atoms with E-state index in [1.165, 1.54) is 25.7 Å². The number of piperidine rings is 1. The van der Waals surface area contributed by atoms with E-state index in [1.807, 2.05) is 0 Å². The summed E-state index contributed by atoms with van der Waals surface area (Å²) in [6.45, 7) is 5.31. The van der Waals surface area contributed by atoms with Crippen LogP contribution >= 0.6 is 0 Å². The van der Waals surface area contributed by atoms with Crippen LogP contribution in [0.5, 0.6) is 0 Å². The predicted molar refractivity (Wildman–Crippen MR) is 61.8 cm³/mol. The topological polar surface area (TPSA) is 20.3 Å². The minimum atomic E-state index is 0.405. The molecule has 0 amide bonds. The molecule has 0 radical (unpaired) electrons. The van der Waals surface area contributed by atoms with Crippen molar-refractivity contribution in [3.05, 3.63) is 0 Å². The van der Waals surface area contributed by atoms with E-state index in [0.717, 1.165) is 38.4 Å². The van der Waals surface area contributed by atoms with Gasteiger partial charge in [0.25, 0.3) is 0 Å². The number of hydrogen-bond donors (Lipinski definition) is 0. The van der Waals surface area contributed by atoms with Crippen LogP contribution in [-0.4, -0.2) is 30.3 Å². The van der Waals surface area contributed by atoms with Gasteiger partial charge >= 0.3 is 0 Å². The van der Waals surface area contributed by atoms with Gasteiger partial charge in [0.05, 0.1) is 6.54 Å². The molecule has 15 heavy (non-hydrogen) atoms. The minimum absolute atomic E-state index is 0.405. The molecule has 1 aliphatic carbocycles. The van der Waals surface area contributed by atoms with Crippen molar-refractivity contribution >= 4 is 5.78 Å². The molecule has 0 bridgehead atoms. The molecule has 1 atom stereocenters. The highest BCUT2D eigenvalue weighted by atomic mass is 16.1. The van der Waals surface area contributed by atoms with E-state index in [1.54, 1.807) is 0 Å². The first-order valence-corrected chi connectivity index (χ1v) is 6.51. The Morgan fingerprint density at radius 1 is 1.20 bits per heavy atom. The summed E-state index contributed by atoms with van der Waals surface area (Å²) in [4.78, 5) is 14.3. The van der Waals surface area contributed by atoms with Gasteiger partial charge in [-0.15, -0.1) is 0 Å². The van der Waals surface area contributed by atoms with Crippen LogP contribution < -0.4 is 0 Å². The molecule has 1 unspecified atom stereocenters. The monoisotopic (exact) mass is 209 g/mol. The first-order chi connectivity index (χ1) is 7.25. The molecular weight excluding hydrogens is 186 g/mol. The Balaban J connectivity index is 1.77. The first kappa shape index (κ1) is 11.1. The Kier molecular flexibility index (Phi) is 3.79. The maximum absolute atomic E-state index is 12.0. The molecule has 1 aliphatic heterocycles. The Morgan fingerprint density at radius 3 is 2.60 bits per heavy atom. The summed E-state index contributed by atoms with van der Waals surface area (Å²) >= 11 is 0. The molecule has 0 spiro atoms. The second kappa shape index (κ2) is 5.11. The van der Waals surface area contributed by atoms with Crippen LogP contribution in [0.2, 0.25) is 0 Å². The Bertz CT molecular complexity index is 221. The van der Waals surface area contributed by atoms with Crippen LogP contribution in [0.15, 0.2) is 0 Å². The summed E-state index contributed by atoms with van der Waals surface area (Å²) in [7, 11) is 0. The third-order valence-electron chi connectivity index (χ3n) is 3.93. The third-order valence-corrected chi connectivity index (χ3v) is 3.93. The van der Waals surface area contributed by atoms with Crippen molar-refractivity contribution in [3.8, 4) is 0 Å². The van der Waals surface area contributed by atoms with Crippen LogP contribution in [0, 0.1) is 11.8 Å². The summed E-state index contributed by atoms with van der Waals surface area (Å²) < 4.78 is 0. The van der Waals surface area contributed by atoms with Crippen molar-refractivity contribution in [2.45, 2.75) is 45.4 Å². The van der Waals surface area contributed by atoms with Crippen molar-refractivity contribution in [1.29, 1.82) is 0 Å². The molecule has 2 fully saturated rings. The van der Waals surface area contributed by atoms with Crippen LogP contribution in [0.25, 0.3) is 0 Å². The van der Waals surface area contributed by atoms with Gasteiger partial charge in [-0.05, 0) is 38.1 Å². The summed E-state index contributed by atoms with van der Waals surface area (Å²) in [6, 6.07) is 0. The molecule has 2 heteroatoms. The Hall–Kier alpha value is -0.370. The van der Waals surface area contributed by atoms with Crippen LogP contribution in [-0.2, 0) is 4.79 Å². The van der Waals surface area contributed by atoms with E-state index < -0.39 is 0 Å². The molecule has 2 rings (SSSR count). The number of Topliss-reactive ketones (excluding diaryl/α,β-unsaturated/α-hetero) is 1. The minimum Gasteiger partial charge on any atom is -0.298 e. The molecule has 2 aliphatic rings. The number of hydrogen-bond acceptors (Lipinski definition) is 2. The molecular formula is C13H23NO. The van der Waals surface area contributed by atoms with Crippen molar-refractivity contribution in [3.63, 3.8) is 0 Å². The SMILES string of the molecule is CC1CCCN(CC(=O)C2CCCC2)C1. The maximum Gasteiger partial charge on any atom is 0.149 e. The molecule has 0 aromatic carbocycles. The van der Waals surface area contributed by atoms with Gasteiger partial charge in [-0.2, -0.15) is 0 Å². The maximum atomic E-state index is 12.0. The van der Waals surface area contributed by atoms with Crippen molar-refractivity contribution in [1.82, 2.24) is 4.90 Å². The van der Waals surface area contributed by atoms with E-state index >= 15 is 0 Å². The number of nitrogens with zero attached hydrogens (tertiary/aromatic N) is 1. The van der Waals surface area contributed by atoms with Gasteiger partial charge < -0.3 is 0 Å². The van der Waals surface area contributed by atoms with Crippen molar-refractivity contribution in [2.24, 2.45) is 11.8 Å². The second-order valence-corrected chi connectivity index (χ2v) is 5.43. The summed E-state index contributed by atoms with van der Waals surface area (Å²) in [5.41, 5.74) is 0. The molecule has 86 valence electrons. The summed E-state index contributed by atoms with van der Waals surface area (Å²) in [5, 5.41) is 0. The zero-order valence-corrected chi connectivity index (χ0v) is 9.87. The van der Waals surface area contributed by atoms with Gasteiger partial charge in [-0.3, -0.25) is 9.69 Å². The molecule has 0 aromatic heterocycles. The van der Waals surface area contributed by atoms with Gasteiger partial charge in [-0.1, -0.05) is 19.8 Å². The largest absolute Gasteiger partial charge is 0.298 e. The predicted octanol–water partition coefficient (Wildman–Crippen LogP) is 2.48. The van der Waals surface area contributed by atoms with Crippen molar-refractivity contribution < 1.29 is 4.79 Å². The highest BCUT2D eigenvalue weighted by Crippen LogP contribution is 2.26. The molecule has 1 heterocycles. The molecule has 2 nitrogen and oxygen atoms in total. The van der Waals surface area contributed by atoms with Crippen LogP contribution in [0.1, 0.15) is 45.4 Å². The highest BCUT2D eigenvalue weighted by molar-refractivity contribution is 5.83. The number of ketones is 1. The number of carbonyl (C=O) groups excluding carboxylic acids is 1. The normalized spacial score (nSPS) is 29.5. The van der Waals surface area contributed by atoms with Crippen LogP contribution in [0.3, 0.4) is 0 Å². The number of likely N-dealkylation sites (tertiary alicyclic amines) is 1. The fourth-order valence-electron chi connectivity index (χ4n) is 3.03. The zero-order valence-electron chi connectivity index (χ0n) is 9.87. The van der Waals surface area contributed by atoms with E-state index in [2.05, 4.69) is 11.8 Å². The van der Waals surface area contributed by atoms with Crippen LogP contribution in [0.4, 0.5) is 0 Å². The quantitative estimate of drug-likeness (QED) is 0.711. The van der Waals surface area contributed by atoms with E-state index in [-0.39, 0.29) is 0 Å². The van der Waals surface area contributed by atoms with E-state index in [0.29, 0.717) is 11.7 Å². The molecule has 1 saturated carbocycles. The fraction of sp³-hybridized carbons (Fsp3) is 0.923.